The van der Waals surface area contributed by atoms with Gasteiger partial charge in [0.15, 0.2) is 0 Å². The van der Waals surface area contributed by atoms with Crippen LogP contribution in [0.1, 0.15) is 41.0 Å². The average Bonchev–Trinajstić information content (AvgIpc) is 2.60. The lowest BCUT2D eigenvalue weighted by molar-refractivity contribution is 0.140. The summed E-state index contributed by atoms with van der Waals surface area (Å²) in [6, 6.07) is 0. The maximum Gasteiger partial charge on any atom is 0.000227 e. The van der Waals surface area contributed by atoms with E-state index in [2.05, 4.69) is 39.9 Å². The van der Waals surface area contributed by atoms with E-state index >= 15 is 0 Å². The van der Waals surface area contributed by atoms with Crippen LogP contribution in [0, 0.1) is 22.7 Å². The van der Waals surface area contributed by atoms with Crippen molar-refractivity contribution in [2.24, 2.45) is 22.7 Å². The molecular weight excluding hydrogens is 158 g/mol. The molecule has 3 unspecified atom stereocenters. The molecule has 0 aromatic rings. The lowest BCUT2D eigenvalue weighted by atomic mass is 9.71. The lowest BCUT2D eigenvalue weighted by Gasteiger charge is -2.36. The standard InChI is InChI=1S/C12H25N/c1-9-7-12(9,5)10(2)11(3,4)8-13-6/h9-10,13H,7-8H2,1-6H3. The maximum absolute atomic E-state index is 3.30. The summed E-state index contributed by atoms with van der Waals surface area (Å²) in [5.74, 6) is 1.74. The summed E-state index contributed by atoms with van der Waals surface area (Å²) in [5, 5.41) is 3.30. The van der Waals surface area contributed by atoms with Gasteiger partial charge in [0, 0.05) is 6.54 Å². The van der Waals surface area contributed by atoms with Crippen molar-refractivity contribution in [1.29, 1.82) is 0 Å². The van der Waals surface area contributed by atoms with Crippen LogP contribution in [0.2, 0.25) is 0 Å². The summed E-state index contributed by atoms with van der Waals surface area (Å²) in [7, 11) is 2.05. The molecule has 0 spiro atoms. The van der Waals surface area contributed by atoms with Gasteiger partial charge in [-0.1, -0.05) is 34.6 Å². The Kier molecular flexibility index (Phi) is 2.78. The van der Waals surface area contributed by atoms with E-state index in [0.29, 0.717) is 10.8 Å². The van der Waals surface area contributed by atoms with E-state index in [0.717, 1.165) is 18.4 Å². The Labute approximate surface area is 83.3 Å². The zero-order valence-electron chi connectivity index (χ0n) is 10.1. The largest absolute Gasteiger partial charge is 0.319 e. The molecule has 1 nitrogen and oxygen atoms in total. The van der Waals surface area contributed by atoms with Crippen LogP contribution >= 0.6 is 0 Å². The molecule has 1 fully saturated rings. The van der Waals surface area contributed by atoms with Gasteiger partial charge in [-0.15, -0.1) is 0 Å². The monoisotopic (exact) mass is 183 g/mol. The third kappa shape index (κ3) is 1.90. The third-order valence-corrected chi connectivity index (χ3v) is 4.51. The fourth-order valence-electron chi connectivity index (χ4n) is 2.71. The summed E-state index contributed by atoms with van der Waals surface area (Å²) in [5.41, 5.74) is 1.04. The van der Waals surface area contributed by atoms with Gasteiger partial charge >= 0.3 is 0 Å². The van der Waals surface area contributed by atoms with Crippen molar-refractivity contribution in [1.82, 2.24) is 5.32 Å². The van der Waals surface area contributed by atoms with Crippen molar-refractivity contribution in [3.05, 3.63) is 0 Å². The summed E-state index contributed by atoms with van der Waals surface area (Å²) in [6.07, 6.45) is 1.42. The van der Waals surface area contributed by atoms with Crippen molar-refractivity contribution >= 4 is 0 Å². The van der Waals surface area contributed by atoms with E-state index < -0.39 is 0 Å². The fourth-order valence-corrected chi connectivity index (χ4v) is 2.71. The molecule has 0 aromatic carbocycles. The van der Waals surface area contributed by atoms with Gasteiger partial charge in [0.1, 0.15) is 0 Å². The number of nitrogens with one attached hydrogen (secondary N) is 1. The Morgan fingerprint density at radius 2 is 2.00 bits per heavy atom. The van der Waals surface area contributed by atoms with Gasteiger partial charge in [-0.2, -0.15) is 0 Å². The van der Waals surface area contributed by atoms with E-state index in [-0.39, 0.29) is 0 Å². The van der Waals surface area contributed by atoms with Gasteiger partial charge in [0.2, 0.25) is 0 Å². The van der Waals surface area contributed by atoms with Crippen molar-refractivity contribution in [2.45, 2.75) is 41.0 Å². The third-order valence-electron chi connectivity index (χ3n) is 4.51. The first-order valence-electron chi connectivity index (χ1n) is 5.49. The second-order valence-electron chi connectivity index (χ2n) is 5.85. The first kappa shape index (κ1) is 11.0. The summed E-state index contributed by atoms with van der Waals surface area (Å²) in [6.45, 7) is 13.1. The molecule has 1 saturated carbocycles. The van der Waals surface area contributed by atoms with Gasteiger partial charge in [0.05, 0.1) is 0 Å². The minimum atomic E-state index is 0.425. The van der Waals surface area contributed by atoms with E-state index in [1.165, 1.54) is 6.42 Å². The second kappa shape index (κ2) is 3.27. The van der Waals surface area contributed by atoms with E-state index in [4.69, 9.17) is 0 Å². The molecule has 78 valence electrons. The Morgan fingerprint density at radius 3 is 2.31 bits per heavy atom. The highest BCUT2D eigenvalue weighted by Gasteiger charge is 2.54. The van der Waals surface area contributed by atoms with Crippen LogP contribution in [0.25, 0.3) is 0 Å². The molecule has 1 rings (SSSR count). The van der Waals surface area contributed by atoms with E-state index in [1.54, 1.807) is 0 Å². The van der Waals surface area contributed by atoms with E-state index in [1.807, 2.05) is 7.05 Å². The second-order valence-corrected chi connectivity index (χ2v) is 5.85. The van der Waals surface area contributed by atoms with Gasteiger partial charge in [-0.3, -0.25) is 0 Å². The minimum absolute atomic E-state index is 0.425. The molecule has 1 aliphatic rings. The Morgan fingerprint density at radius 1 is 1.54 bits per heavy atom. The zero-order valence-corrected chi connectivity index (χ0v) is 10.1. The highest BCUT2D eigenvalue weighted by Crippen LogP contribution is 2.61. The van der Waals surface area contributed by atoms with Crippen LogP contribution in [-0.2, 0) is 0 Å². The number of hydrogen-bond acceptors (Lipinski definition) is 1. The Hall–Kier alpha value is -0.0400. The lowest BCUT2D eigenvalue weighted by Crippen LogP contribution is -2.37. The number of hydrogen-bond donors (Lipinski definition) is 1. The molecule has 0 amide bonds. The molecule has 1 aliphatic carbocycles. The minimum Gasteiger partial charge on any atom is -0.319 e. The molecule has 3 atom stereocenters. The van der Waals surface area contributed by atoms with Crippen LogP contribution in [0.15, 0.2) is 0 Å². The zero-order chi connectivity index (χ0) is 10.3. The molecule has 0 saturated heterocycles. The van der Waals surface area contributed by atoms with Crippen LogP contribution in [0.4, 0.5) is 0 Å². The predicted octanol–water partition coefficient (Wildman–Crippen LogP) is 2.91. The molecule has 13 heavy (non-hydrogen) atoms. The summed E-state index contributed by atoms with van der Waals surface area (Å²) in [4.78, 5) is 0. The van der Waals surface area contributed by atoms with Gasteiger partial charge in [-0.25, -0.2) is 0 Å². The molecule has 1 N–H and O–H groups in total. The fraction of sp³-hybridized carbons (Fsp3) is 1.00. The van der Waals surface area contributed by atoms with Crippen LogP contribution in [0.3, 0.4) is 0 Å². The summed E-state index contributed by atoms with van der Waals surface area (Å²) < 4.78 is 0. The van der Waals surface area contributed by atoms with Crippen molar-refractivity contribution in [2.75, 3.05) is 13.6 Å². The van der Waals surface area contributed by atoms with Gasteiger partial charge < -0.3 is 5.32 Å². The first-order chi connectivity index (χ1) is 5.84. The average molecular weight is 183 g/mol. The van der Waals surface area contributed by atoms with Crippen molar-refractivity contribution in [3.8, 4) is 0 Å². The van der Waals surface area contributed by atoms with E-state index in [9.17, 15) is 0 Å². The predicted molar refractivity (Wildman–Crippen MR) is 58.8 cm³/mol. The smallest absolute Gasteiger partial charge is 0.000227 e. The highest BCUT2D eigenvalue weighted by molar-refractivity contribution is 5.03. The van der Waals surface area contributed by atoms with Crippen molar-refractivity contribution in [3.63, 3.8) is 0 Å². The maximum atomic E-state index is 3.30. The molecule has 0 bridgehead atoms. The highest BCUT2D eigenvalue weighted by atomic mass is 14.8. The van der Waals surface area contributed by atoms with Gasteiger partial charge in [-0.05, 0) is 36.1 Å². The Balaban J connectivity index is 2.61. The Bertz CT molecular complexity index is 186. The first-order valence-corrected chi connectivity index (χ1v) is 5.49. The van der Waals surface area contributed by atoms with Crippen molar-refractivity contribution < 1.29 is 0 Å². The molecule has 0 heterocycles. The molecular formula is C12H25N. The van der Waals surface area contributed by atoms with Gasteiger partial charge in [0.25, 0.3) is 0 Å². The topological polar surface area (TPSA) is 12.0 Å². The molecule has 0 aromatic heterocycles. The summed E-state index contributed by atoms with van der Waals surface area (Å²) >= 11 is 0. The molecule has 0 aliphatic heterocycles. The molecule has 0 radical (unpaired) electrons. The van der Waals surface area contributed by atoms with Crippen LogP contribution in [0.5, 0.6) is 0 Å². The SMILES string of the molecule is CNCC(C)(C)C(C)C1(C)CC1C. The van der Waals surface area contributed by atoms with Crippen LogP contribution in [-0.4, -0.2) is 13.6 Å². The quantitative estimate of drug-likeness (QED) is 0.706. The number of rotatable bonds is 4. The molecule has 1 heteroatoms. The normalized spacial score (nSPS) is 36.0. The van der Waals surface area contributed by atoms with Crippen LogP contribution < -0.4 is 5.32 Å².